The highest BCUT2D eigenvalue weighted by atomic mass is 32.2. The molecule has 1 atom stereocenters. The topological polar surface area (TPSA) is 12.0 Å². The van der Waals surface area contributed by atoms with Crippen molar-refractivity contribution in [2.75, 3.05) is 12.3 Å². The zero-order chi connectivity index (χ0) is 15.2. The molecular formula is C18H31NS. The van der Waals surface area contributed by atoms with E-state index in [-0.39, 0.29) is 0 Å². The Labute approximate surface area is 129 Å². The predicted molar refractivity (Wildman–Crippen MR) is 93.6 cm³/mol. The largest absolute Gasteiger partial charge is 0.310 e. The van der Waals surface area contributed by atoms with Crippen LogP contribution in [-0.2, 0) is 6.42 Å². The van der Waals surface area contributed by atoms with Crippen molar-refractivity contribution in [3.63, 3.8) is 0 Å². The third kappa shape index (κ3) is 6.81. The minimum absolute atomic E-state index is 0.325. The van der Waals surface area contributed by atoms with E-state index in [2.05, 4.69) is 71.1 Å². The maximum atomic E-state index is 3.61. The van der Waals surface area contributed by atoms with Crippen molar-refractivity contribution < 1.29 is 0 Å². The minimum Gasteiger partial charge on any atom is -0.310 e. The Balaban J connectivity index is 2.71. The molecule has 0 heterocycles. The van der Waals surface area contributed by atoms with Gasteiger partial charge < -0.3 is 5.32 Å². The van der Waals surface area contributed by atoms with Gasteiger partial charge in [-0.1, -0.05) is 65.8 Å². The number of hydrogen-bond acceptors (Lipinski definition) is 2. The van der Waals surface area contributed by atoms with Crippen LogP contribution in [0.1, 0.15) is 58.7 Å². The Morgan fingerprint density at radius 3 is 2.15 bits per heavy atom. The van der Waals surface area contributed by atoms with Gasteiger partial charge in [0.25, 0.3) is 0 Å². The Kier molecular flexibility index (Phi) is 7.11. The third-order valence-electron chi connectivity index (χ3n) is 3.16. The molecule has 1 unspecified atom stereocenters. The van der Waals surface area contributed by atoms with Gasteiger partial charge in [0.1, 0.15) is 0 Å². The molecule has 1 aromatic rings. The lowest BCUT2D eigenvalue weighted by molar-refractivity contribution is 0.602. The number of thioether (sulfide) groups is 1. The van der Waals surface area contributed by atoms with Gasteiger partial charge in [-0.3, -0.25) is 0 Å². The summed E-state index contributed by atoms with van der Waals surface area (Å²) in [6.45, 7) is 14.6. The Bertz CT molecular complexity index is 375. The summed E-state index contributed by atoms with van der Waals surface area (Å²) in [5, 5.41) is 3.61. The van der Waals surface area contributed by atoms with Crippen LogP contribution in [0, 0.1) is 5.92 Å². The summed E-state index contributed by atoms with van der Waals surface area (Å²) < 4.78 is 0.325. The number of nitrogens with one attached hydrogen (secondary N) is 1. The average Bonchev–Trinajstić information content (AvgIpc) is 2.34. The molecule has 1 rings (SSSR count). The van der Waals surface area contributed by atoms with Crippen LogP contribution in [0.5, 0.6) is 0 Å². The van der Waals surface area contributed by atoms with E-state index in [0.717, 1.165) is 18.2 Å². The zero-order valence-electron chi connectivity index (χ0n) is 14.0. The number of rotatable bonds is 7. The van der Waals surface area contributed by atoms with Crippen LogP contribution in [0.2, 0.25) is 0 Å². The summed E-state index contributed by atoms with van der Waals surface area (Å²) >= 11 is 2.03. The molecule has 1 aromatic carbocycles. The van der Waals surface area contributed by atoms with Crippen molar-refractivity contribution in [2.45, 2.75) is 58.8 Å². The fourth-order valence-corrected chi connectivity index (χ4v) is 3.19. The van der Waals surface area contributed by atoms with Crippen LogP contribution in [0.15, 0.2) is 24.3 Å². The van der Waals surface area contributed by atoms with Crippen LogP contribution in [0.3, 0.4) is 0 Å². The standard InChI is InChI=1S/C18H31NS/c1-7-19-17(13-20-18(4,5)6)16-10-8-15(9-11-16)12-14(2)3/h8-11,14,17,19H,7,12-13H2,1-6H3. The van der Waals surface area contributed by atoms with Gasteiger partial charge in [-0.15, -0.1) is 0 Å². The second-order valence-electron chi connectivity index (χ2n) is 6.87. The molecule has 0 aliphatic rings. The zero-order valence-corrected chi connectivity index (χ0v) is 14.8. The van der Waals surface area contributed by atoms with Crippen molar-refractivity contribution in [2.24, 2.45) is 5.92 Å². The van der Waals surface area contributed by atoms with Crippen molar-refractivity contribution >= 4 is 11.8 Å². The van der Waals surface area contributed by atoms with Crippen LogP contribution in [0.4, 0.5) is 0 Å². The lowest BCUT2D eigenvalue weighted by Crippen LogP contribution is -2.25. The number of hydrogen-bond donors (Lipinski definition) is 1. The molecule has 0 spiro atoms. The van der Waals surface area contributed by atoms with Gasteiger partial charge >= 0.3 is 0 Å². The summed E-state index contributed by atoms with van der Waals surface area (Å²) in [6.07, 6.45) is 1.17. The quantitative estimate of drug-likeness (QED) is 0.753. The molecule has 0 fully saturated rings. The molecule has 0 amide bonds. The Hall–Kier alpha value is -0.470. The smallest absolute Gasteiger partial charge is 0.0411 e. The van der Waals surface area contributed by atoms with Crippen molar-refractivity contribution in [3.8, 4) is 0 Å². The van der Waals surface area contributed by atoms with Gasteiger partial charge in [0.2, 0.25) is 0 Å². The van der Waals surface area contributed by atoms with E-state index < -0.39 is 0 Å². The summed E-state index contributed by atoms with van der Waals surface area (Å²) in [5.41, 5.74) is 2.86. The molecule has 0 bridgehead atoms. The van der Waals surface area contributed by atoms with Gasteiger partial charge in [0.15, 0.2) is 0 Å². The summed E-state index contributed by atoms with van der Waals surface area (Å²) in [6, 6.07) is 9.64. The van der Waals surface area contributed by atoms with E-state index in [1.165, 1.54) is 17.5 Å². The third-order valence-corrected chi connectivity index (χ3v) is 4.53. The van der Waals surface area contributed by atoms with Gasteiger partial charge in [0, 0.05) is 16.5 Å². The molecule has 2 heteroatoms. The average molecular weight is 294 g/mol. The SMILES string of the molecule is CCNC(CSC(C)(C)C)c1ccc(CC(C)C)cc1. The van der Waals surface area contributed by atoms with Crippen molar-refractivity contribution in [1.82, 2.24) is 5.32 Å². The molecule has 0 radical (unpaired) electrons. The molecule has 114 valence electrons. The summed E-state index contributed by atoms with van der Waals surface area (Å²) in [5.74, 6) is 1.85. The first-order chi connectivity index (χ1) is 9.31. The molecule has 1 nitrogen and oxygen atoms in total. The summed E-state index contributed by atoms with van der Waals surface area (Å²) in [4.78, 5) is 0. The fraction of sp³-hybridized carbons (Fsp3) is 0.667. The van der Waals surface area contributed by atoms with E-state index in [1.807, 2.05) is 11.8 Å². The highest BCUT2D eigenvalue weighted by molar-refractivity contribution is 8.00. The van der Waals surface area contributed by atoms with Gasteiger partial charge in [-0.05, 0) is 30.0 Å². The van der Waals surface area contributed by atoms with E-state index >= 15 is 0 Å². The van der Waals surface area contributed by atoms with Crippen LogP contribution < -0.4 is 5.32 Å². The first-order valence-corrected chi connectivity index (χ1v) is 8.76. The normalized spacial score (nSPS) is 13.8. The molecule has 0 aliphatic heterocycles. The predicted octanol–water partition coefficient (Wildman–Crippen LogP) is 5.07. The van der Waals surface area contributed by atoms with E-state index in [9.17, 15) is 0 Å². The number of benzene rings is 1. The van der Waals surface area contributed by atoms with E-state index in [0.29, 0.717) is 10.8 Å². The summed E-state index contributed by atoms with van der Waals surface area (Å²) in [7, 11) is 0. The fourth-order valence-electron chi connectivity index (χ4n) is 2.21. The van der Waals surface area contributed by atoms with E-state index in [4.69, 9.17) is 0 Å². The first kappa shape index (κ1) is 17.6. The van der Waals surface area contributed by atoms with Crippen LogP contribution in [0.25, 0.3) is 0 Å². The second-order valence-corrected chi connectivity index (χ2v) is 8.72. The molecule has 0 saturated carbocycles. The Morgan fingerprint density at radius 1 is 1.10 bits per heavy atom. The highest BCUT2D eigenvalue weighted by Crippen LogP contribution is 2.28. The van der Waals surface area contributed by atoms with Crippen LogP contribution >= 0.6 is 11.8 Å². The second kappa shape index (κ2) is 8.09. The van der Waals surface area contributed by atoms with Crippen molar-refractivity contribution in [3.05, 3.63) is 35.4 Å². The maximum absolute atomic E-state index is 3.61. The maximum Gasteiger partial charge on any atom is 0.0411 e. The lowest BCUT2D eigenvalue weighted by Gasteiger charge is -2.24. The molecular weight excluding hydrogens is 262 g/mol. The van der Waals surface area contributed by atoms with E-state index in [1.54, 1.807) is 0 Å². The Morgan fingerprint density at radius 2 is 1.70 bits per heavy atom. The highest BCUT2D eigenvalue weighted by Gasteiger charge is 2.16. The molecule has 20 heavy (non-hydrogen) atoms. The van der Waals surface area contributed by atoms with Gasteiger partial charge in [-0.25, -0.2) is 0 Å². The molecule has 1 N–H and O–H groups in total. The first-order valence-electron chi connectivity index (χ1n) is 7.78. The lowest BCUT2D eigenvalue weighted by atomic mass is 10.00. The monoisotopic (exact) mass is 293 g/mol. The van der Waals surface area contributed by atoms with Gasteiger partial charge in [0.05, 0.1) is 0 Å². The van der Waals surface area contributed by atoms with Gasteiger partial charge in [-0.2, -0.15) is 11.8 Å². The van der Waals surface area contributed by atoms with Crippen molar-refractivity contribution in [1.29, 1.82) is 0 Å². The molecule has 0 aliphatic carbocycles. The molecule has 0 saturated heterocycles. The molecule has 0 aromatic heterocycles. The minimum atomic E-state index is 0.325. The van der Waals surface area contributed by atoms with Crippen LogP contribution in [-0.4, -0.2) is 17.0 Å².